The summed E-state index contributed by atoms with van der Waals surface area (Å²) < 4.78 is 16.2. The van der Waals surface area contributed by atoms with Gasteiger partial charge in [-0.15, -0.1) is 23.5 Å². The minimum atomic E-state index is -0.941. The second kappa shape index (κ2) is 10.8. The molecule has 2 aromatic rings. The molecule has 2 amide bonds. The van der Waals surface area contributed by atoms with Crippen LogP contribution < -0.4 is 20.1 Å². The van der Waals surface area contributed by atoms with Gasteiger partial charge in [0.05, 0.1) is 24.0 Å². The van der Waals surface area contributed by atoms with Crippen LogP contribution in [0.4, 0.5) is 0 Å². The Bertz CT molecular complexity index is 1050. The van der Waals surface area contributed by atoms with E-state index in [1.165, 1.54) is 35.1 Å². The van der Waals surface area contributed by atoms with E-state index in [1.54, 1.807) is 14.2 Å². The Labute approximate surface area is 212 Å². The lowest BCUT2D eigenvalue weighted by atomic mass is 9.85. The molecule has 0 spiro atoms. The number of hydrogen-bond acceptors (Lipinski definition) is 9. The first kappa shape index (κ1) is 25.2. The van der Waals surface area contributed by atoms with Gasteiger partial charge in [-0.1, -0.05) is 0 Å². The molecule has 8 nitrogen and oxygen atoms in total. The molecule has 34 heavy (non-hydrogen) atoms. The average molecular weight is 523 g/mol. The molecule has 3 heterocycles. The quantitative estimate of drug-likeness (QED) is 0.536. The van der Waals surface area contributed by atoms with E-state index in [0.29, 0.717) is 61.1 Å². The molecule has 0 saturated carbocycles. The molecule has 2 N–H and O–H groups in total. The van der Waals surface area contributed by atoms with Crippen LogP contribution in [0.3, 0.4) is 0 Å². The lowest BCUT2D eigenvalue weighted by Crippen LogP contribution is -2.64. The molecule has 1 fully saturated rings. The van der Waals surface area contributed by atoms with Crippen molar-refractivity contribution in [3.8, 4) is 11.5 Å². The summed E-state index contributed by atoms with van der Waals surface area (Å²) in [6.07, 6.45) is 5.68. The first-order valence-electron chi connectivity index (χ1n) is 11.1. The molecular formula is C23H30N4O4S3. The molecule has 1 saturated heterocycles. The zero-order valence-electron chi connectivity index (χ0n) is 19.9. The van der Waals surface area contributed by atoms with Gasteiger partial charge in [0.15, 0.2) is 11.5 Å². The predicted molar refractivity (Wildman–Crippen MR) is 137 cm³/mol. The number of nitrogens with one attached hydrogen (secondary N) is 2. The normalized spacial score (nSPS) is 17.1. The molecule has 1 aromatic heterocycles. The van der Waals surface area contributed by atoms with E-state index in [9.17, 15) is 9.59 Å². The highest BCUT2D eigenvalue weighted by Gasteiger charge is 2.45. The summed E-state index contributed by atoms with van der Waals surface area (Å²) in [6.45, 7) is 2.42. The minimum absolute atomic E-state index is 0.0256. The number of benzene rings is 1. The first-order valence-corrected chi connectivity index (χ1v) is 14.3. The van der Waals surface area contributed by atoms with Gasteiger partial charge in [0, 0.05) is 13.1 Å². The van der Waals surface area contributed by atoms with Crippen LogP contribution in [0.5, 0.6) is 11.5 Å². The summed E-state index contributed by atoms with van der Waals surface area (Å²) in [6, 6.07) is 3.95. The Morgan fingerprint density at radius 2 is 1.79 bits per heavy atom. The largest absolute Gasteiger partial charge is 0.493 e. The van der Waals surface area contributed by atoms with E-state index in [2.05, 4.69) is 15.0 Å². The summed E-state index contributed by atoms with van der Waals surface area (Å²) in [5.74, 6) is 1.10. The van der Waals surface area contributed by atoms with E-state index in [4.69, 9.17) is 9.47 Å². The van der Waals surface area contributed by atoms with Gasteiger partial charge in [-0.2, -0.15) is 4.37 Å². The number of aromatic nitrogens is 1. The van der Waals surface area contributed by atoms with Crippen molar-refractivity contribution in [2.75, 3.05) is 46.4 Å². The fourth-order valence-corrected chi connectivity index (χ4v) is 6.89. The highest BCUT2D eigenvalue weighted by molar-refractivity contribution is 8.01. The number of ether oxygens (including phenoxy) is 2. The number of thioether (sulfide) groups is 2. The van der Waals surface area contributed by atoms with Crippen LogP contribution in [0, 0.1) is 0 Å². The fourth-order valence-electron chi connectivity index (χ4n) is 4.61. The second-order valence-electron chi connectivity index (χ2n) is 8.30. The molecule has 0 atom stereocenters. The Morgan fingerprint density at radius 1 is 1.12 bits per heavy atom. The molecule has 0 aliphatic carbocycles. The van der Waals surface area contributed by atoms with Gasteiger partial charge in [-0.25, -0.2) is 0 Å². The maximum absolute atomic E-state index is 14.0. The number of hydrogen-bond donors (Lipinski definition) is 2. The third-order valence-electron chi connectivity index (χ3n) is 6.46. The lowest BCUT2D eigenvalue weighted by molar-refractivity contribution is -0.140. The van der Waals surface area contributed by atoms with Crippen molar-refractivity contribution < 1.29 is 19.1 Å². The van der Waals surface area contributed by atoms with Crippen molar-refractivity contribution in [1.29, 1.82) is 0 Å². The van der Waals surface area contributed by atoms with Crippen molar-refractivity contribution in [3.05, 3.63) is 28.8 Å². The molecule has 0 unspecified atom stereocenters. The standard InChI is InChI=1S/C23H30N4O4S3/c1-30-16-11-14-5-10-27(13-15(14)12-17(16)31-2)22(29)23(6-8-24-9-7-23)25-19(28)18-20(32-3)26-34-21(18)33-4/h11-12,24H,5-10,13H2,1-4H3,(H,25,28). The Hall–Kier alpha value is -1.95. The van der Waals surface area contributed by atoms with Crippen LogP contribution >= 0.6 is 35.1 Å². The molecule has 184 valence electrons. The van der Waals surface area contributed by atoms with Crippen molar-refractivity contribution in [2.45, 2.75) is 40.6 Å². The van der Waals surface area contributed by atoms with Crippen LogP contribution in [-0.2, 0) is 17.8 Å². The summed E-state index contributed by atoms with van der Waals surface area (Å²) >= 11 is 4.29. The topological polar surface area (TPSA) is 92.8 Å². The SMILES string of the molecule is COc1cc2c(cc1OC)CN(C(=O)C1(NC(=O)c3c(SC)nsc3SC)CCNCC1)CC2. The Balaban J connectivity index is 1.60. The van der Waals surface area contributed by atoms with Gasteiger partial charge < -0.3 is 25.0 Å². The molecule has 1 aromatic carbocycles. The first-order chi connectivity index (χ1) is 16.5. The van der Waals surface area contributed by atoms with Crippen molar-refractivity contribution in [3.63, 3.8) is 0 Å². The number of carbonyl (C=O) groups is 2. The number of piperidine rings is 1. The predicted octanol–water partition coefficient (Wildman–Crippen LogP) is 3.04. The van der Waals surface area contributed by atoms with Gasteiger partial charge >= 0.3 is 0 Å². The van der Waals surface area contributed by atoms with Crippen molar-refractivity contribution in [2.24, 2.45) is 0 Å². The van der Waals surface area contributed by atoms with E-state index < -0.39 is 5.54 Å². The van der Waals surface area contributed by atoms with Gasteiger partial charge in [0.1, 0.15) is 10.6 Å². The summed E-state index contributed by atoms with van der Waals surface area (Å²) in [4.78, 5) is 29.3. The van der Waals surface area contributed by atoms with Gasteiger partial charge in [0.2, 0.25) is 5.91 Å². The number of carbonyl (C=O) groups excluding carboxylic acids is 2. The van der Waals surface area contributed by atoms with Crippen LogP contribution in [0.15, 0.2) is 21.4 Å². The zero-order chi connectivity index (χ0) is 24.3. The molecule has 2 aliphatic heterocycles. The zero-order valence-corrected chi connectivity index (χ0v) is 22.3. The molecule has 11 heteroatoms. The third-order valence-corrected chi connectivity index (χ3v) is 9.20. The summed E-state index contributed by atoms with van der Waals surface area (Å²) in [5, 5.41) is 7.20. The molecule has 0 bridgehead atoms. The van der Waals surface area contributed by atoms with Crippen LogP contribution in [0.2, 0.25) is 0 Å². The monoisotopic (exact) mass is 522 g/mol. The highest BCUT2D eigenvalue weighted by atomic mass is 32.2. The average Bonchev–Trinajstić information content (AvgIpc) is 3.31. The van der Waals surface area contributed by atoms with Crippen molar-refractivity contribution >= 4 is 46.9 Å². The molecule has 0 radical (unpaired) electrons. The van der Waals surface area contributed by atoms with Crippen LogP contribution in [-0.4, -0.2) is 73.0 Å². The Kier molecular flexibility index (Phi) is 7.96. The van der Waals surface area contributed by atoms with E-state index in [-0.39, 0.29) is 11.8 Å². The number of amides is 2. The van der Waals surface area contributed by atoms with E-state index >= 15 is 0 Å². The van der Waals surface area contributed by atoms with Gasteiger partial charge in [0.25, 0.3) is 5.91 Å². The lowest BCUT2D eigenvalue weighted by Gasteiger charge is -2.42. The van der Waals surface area contributed by atoms with Gasteiger partial charge in [-0.3, -0.25) is 9.59 Å². The summed E-state index contributed by atoms with van der Waals surface area (Å²) in [5.41, 5.74) is 1.84. The second-order valence-corrected chi connectivity index (χ2v) is 10.9. The highest BCUT2D eigenvalue weighted by Crippen LogP contribution is 2.36. The molecular weight excluding hydrogens is 492 g/mol. The number of rotatable bonds is 7. The van der Waals surface area contributed by atoms with E-state index in [1.807, 2.05) is 29.5 Å². The summed E-state index contributed by atoms with van der Waals surface area (Å²) in [7, 11) is 3.24. The number of fused-ring (bicyclic) bond motifs is 1. The smallest absolute Gasteiger partial charge is 0.256 e. The number of methoxy groups -OCH3 is 2. The molecule has 4 rings (SSSR count). The van der Waals surface area contributed by atoms with E-state index in [0.717, 1.165) is 21.8 Å². The number of nitrogens with zero attached hydrogens (tertiary/aromatic N) is 2. The fraction of sp³-hybridized carbons (Fsp3) is 0.522. The van der Waals surface area contributed by atoms with Crippen LogP contribution in [0.25, 0.3) is 0 Å². The van der Waals surface area contributed by atoms with Crippen molar-refractivity contribution in [1.82, 2.24) is 19.9 Å². The maximum Gasteiger partial charge on any atom is 0.256 e. The maximum atomic E-state index is 14.0. The van der Waals surface area contributed by atoms with Crippen LogP contribution in [0.1, 0.15) is 34.3 Å². The Morgan fingerprint density at radius 3 is 2.41 bits per heavy atom. The minimum Gasteiger partial charge on any atom is -0.493 e. The third kappa shape index (κ3) is 4.75. The van der Waals surface area contributed by atoms with Gasteiger partial charge in [-0.05, 0) is 79.7 Å². The molecule has 2 aliphatic rings.